The number of nitro benzene ring substituents is 1. The van der Waals surface area contributed by atoms with Gasteiger partial charge in [0.1, 0.15) is 5.76 Å². The van der Waals surface area contributed by atoms with Gasteiger partial charge in [-0.25, -0.2) is 0 Å². The molecule has 0 aromatic heterocycles. The molecule has 68 valence electrons. The molecule has 0 saturated heterocycles. The minimum atomic E-state index is -0.561. The van der Waals surface area contributed by atoms with Gasteiger partial charge >= 0.3 is 0 Å². The van der Waals surface area contributed by atoms with Crippen LogP contribution in [-0.2, 0) is 0 Å². The smallest absolute Gasteiger partial charge is 0.283 e. The molecule has 1 aromatic rings. The predicted molar refractivity (Wildman–Crippen MR) is 52.0 cm³/mol. The second-order valence-corrected chi connectivity index (χ2v) is 2.89. The summed E-state index contributed by atoms with van der Waals surface area (Å²) in [7, 11) is 0. The molecular weight excluding hydrogens is 190 g/mol. The van der Waals surface area contributed by atoms with Crippen LogP contribution in [0.5, 0.6) is 0 Å². The van der Waals surface area contributed by atoms with E-state index in [1.807, 2.05) is 0 Å². The number of hydrogen-bond donors (Lipinski definition) is 2. The molecule has 0 unspecified atom stereocenters. The molecule has 13 heavy (non-hydrogen) atoms. The highest BCUT2D eigenvalue weighted by atomic mass is 32.1. The van der Waals surface area contributed by atoms with Gasteiger partial charge in [-0.1, -0.05) is 6.58 Å². The number of rotatable bonds is 2. The summed E-state index contributed by atoms with van der Waals surface area (Å²) in [6.07, 6.45) is 0. The van der Waals surface area contributed by atoms with Crippen molar-refractivity contribution in [3.63, 3.8) is 0 Å². The van der Waals surface area contributed by atoms with Gasteiger partial charge in [-0.05, 0) is 12.1 Å². The van der Waals surface area contributed by atoms with Crippen LogP contribution in [0, 0.1) is 10.1 Å². The second-order valence-electron chi connectivity index (χ2n) is 2.41. The van der Waals surface area contributed by atoms with Crippen LogP contribution in [0.2, 0.25) is 0 Å². The summed E-state index contributed by atoms with van der Waals surface area (Å²) in [5, 5.41) is 19.4. The first-order valence-corrected chi connectivity index (χ1v) is 3.82. The van der Waals surface area contributed by atoms with Crippen LogP contribution in [0.3, 0.4) is 0 Å². The molecule has 0 aliphatic carbocycles. The molecular formula is C8H7NO3S. The van der Waals surface area contributed by atoms with Gasteiger partial charge in [-0.3, -0.25) is 10.1 Å². The number of benzene rings is 1. The van der Waals surface area contributed by atoms with Crippen LogP contribution < -0.4 is 0 Å². The zero-order valence-electron chi connectivity index (χ0n) is 6.60. The molecule has 0 amide bonds. The van der Waals surface area contributed by atoms with Crippen molar-refractivity contribution < 1.29 is 10.0 Å². The van der Waals surface area contributed by atoms with Gasteiger partial charge in [-0.15, -0.1) is 12.6 Å². The average molecular weight is 197 g/mol. The van der Waals surface area contributed by atoms with E-state index in [4.69, 9.17) is 5.11 Å². The Morgan fingerprint density at radius 3 is 2.69 bits per heavy atom. The lowest BCUT2D eigenvalue weighted by Crippen LogP contribution is -1.91. The van der Waals surface area contributed by atoms with Gasteiger partial charge in [0.2, 0.25) is 0 Å². The third kappa shape index (κ3) is 2.00. The summed E-state index contributed by atoms with van der Waals surface area (Å²) in [6.45, 7) is 3.26. The number of hydrogen-bond acceptors (Lipinski definition) is 4. The summed E-state index contributed by atoms with van der Waals surface area (Å²) in [5.41, 5.74) is 0.181. The van der Waals surface area contributed by atoms with Gasteiger partial charge in [-0.2, -0.15) is 0 Å². The summed E-state index contributed by atoms with van der Waals surface area (Å²) in [6, 6.07) is 4.18. The Bertz CT molecular complexity index is 376. The van der Waals surface area contributed by atoms with E-state index in [0.29, 0.717) is 5.56 Å². The Kier molecular flexibility index (Phi) is 2.57. The zero-order valence-corrected chi connectivity index (χ0v) is 7.49. The molecule has 0 atom stereocenters. The van der Waals surface area contributed by atoms with Crippen molar-refractivity contribution >= 4 is 24.1 Å². The van der Waals surface area contributed by atoms with E-state index in [-0.39, 0.29) is 16.3 Å². The topological polar surface area (TPSA) is 63.4 Å². The number of thiol groups is 1. The summed E-state index contributed by atoms with van der Waals surface area (Å²) >= 11 is 3.90. The molecule has 1 aromatic carbocycles. The van der Waals surface area contributed by atoms with E-state index < -0.39 is 4.92 Å². The normalized spacial score (nSPS) is 9.62. The Hall–Kier alpha value is -1.49. The number of aliphatic hydroxyl groups is 1. The lowest BCUT2D eigenvalue weighted by molar-refractivity contribution is -0.387. The number of nitro groups is 1. The molecule has 1 rings (SSSR count). The summed E-state index contributed by atoms with van der Waals surface area (Å²) in [5.74, 6) is -0.198. The maximum atomic E-state index is 10.4. The Labute approximate surface area is 80.1 Å². The fourth-order valence-electron chi connectivity index (χ4n) is 0.849. The van der Waals surface area contributed by atoms with Crippen molar-refractivity contribution in [1.29, 1.82) is 0 Å². The SMILES string of the molecule is C=C(O)c1ccc(S)c([N+](=O)[O-])c1. The third-order valence-electron chi connectivity index (χ3n) is 1.51. The highest BCUT2D eigenvalue weighted by Crippen LogP contribution is 2.25. The quantitative estimate of drug-likeness (QED) is 0.331. The molecule has 5 heteroatoms. The number of nitrogens with zero attached hydrogens (tertiary/aromatic N) is 1. The second kappa shape index (κ2) is 3.49. The van der Waals surface area contributed by atoms with Crippen LogP contribution in [0.1, 0.15) is 5.56 Å². The van der Waals surface area contributed by atoms with Crippen molar-refractivity contribution in [3.8, 4) is 0 Å². The average Bonchev–Trinajstić information content (AvgIpc) is 2.04. The van der Waals surface area contributed by atoms with Crippen LogP contribution in [-0.4, -0.2) is 10.0 Å². The van der Waals surface area contributed by atoms with Crippen molar-refractivity contribution in [3.05, 3.63) is 40.5 Å². The van der Waals surface area contributed by atoms with Crippen molar-refractivity contribution in [1.82, 2.24) is 0 Å². The lowest BCUT2D eigenvalue weighted by atomic mass is 10.2. The molecule has 0 saturated carbocycles. The molecule has 0 spiro atoms. The zero-order chi connectivity index (χ0) is 10.0. The van der Waals surface area contributed by atoms with Crippen LogP contribution >= 0.6 is 12.6 Å². The van der Waals surface area contributed by atoms with Gasteiger partial charge in [0.05, 0.1) is 9.82 Å². The van der Waals surface area contributed by atoms with E-state index in [1.54, 1.807) is 0 Å². The Morgan fingerprint density at radius 2 is 2.23 bits per heavy atom. The summed E-state index contributed by atoms with van der Waals surface area (Å²) in [4.78, 5) is 10.1. The first kappa shape index (κ1) is 9.60. The maximum absolute atomic E-state index is 10.4. The number of aliphatic hydroxyl groups excluding tert-OH is 1. The van der Waals surface area contributed by atoms with E-state index in [9.17, 15) is 10.1 Å². The van der Waals surface area contributed by atoms with Gasteiger partial charge in [0.15, 0.2) is 0 Å². The minimum absolute atomic E-state index is 0.143. The van der Waals surface area contributed by atoms with Gasteiger partial charge in [0, 0.05) is 11.6 Å². The molecule has 0 heterocycles. The fourth-order valence-corrected chi connectivity index (χ4v) is 1.07. The molecule has 0 fully saturated rings. The van der Waals surface area contributed by atoms with Crippen LogP contribution in [0.15, 0.2) is 29.7 Å². The van der Waals surface area contributed by atoms with E-state index in [1.165, 1.54) is 18.2 Å². The van der Waals surface area contributed by atoms with Gasteiger partial charge < -0.3 is 5.11 Å². The highest BCUT2D eigenvalue weighted by molar-refractivity contribution is 7.80. The molecule has 0 aliphatic heterocycles. The molecule has 1 N–H and O–H groups in total. The lowest BCUT2D eigenvalue weighted by Gasteiger charge is -1.99. The Balaban J connectivity index is 3.27. The standard InChI is InChI=1S/C8H7NO3S/c1-5(10)6-2-3-8(13)7(4-6)9(11)12/h2-4,10,13H,1H2. The van der Waals surface area contributed by atoms with Crippen LogP contribution in [0.25, 0.3) is 5.76 Å². The van der Waals surface area contributed by atoms with Crippen molar-refractivity contribution in [2.24, 2.45) is 0 Å². The summed E-state index contributed by atoms with van der Waals surface area (Å²) < 4.78 is 0. The molecule has 0 bridgehead atoms. The molecule has 0 aliphatic rings. The first-order chi connectivity index (χ1) is 6.02. The van der Waals surface area contributed by atoms with E-state index in [0.717, 1.165) is 0 Å². The van der Waals surface area contributed by atoms with Crippen molar-refractivity contribution in [2.75, 3.05) is 0 Å². The largest absolute Gasteiger partial charge is 0.508 e. The van der Waals surface area contributed by atoms with Crippen LogP contribution in [0.4, 0.5) is 5.69 Å². The monoisotopic (exact) mass is 197 g/mol. The third-order valence-corrected chi connectivity index (χ3v) is 1.88. The van der Waals surface area contributed by atoms with E-state index >= 15 is 0 Å². The highest BCUT2D eigenvalue weighted by Gasteiger charge is 2.12. The van der Waals surface area contributed by atoms with E-state index in [2.05, 4.69) is 19.2 Å². The maximum Gasteiger partial charge on any atom is 0.283 e. The molecule has 4 nitrogen and oxygen atoms in total. The Morgan fingerprint density at radius 1 is 1.62 bits per heavy atom. The first-order valence-electron chi connectivity index (χ1n) is 3.38. The predicted octanol–water partition coefficient (Wildman–Crippen LogP) is 2.41. The minimum Gasteiger partial charge on any atom is -0.508 e. The van der Waals surface area contributed by atoms with Gasteiger partial charge in [0.25, 0.3) is 5.69 Å². The van der Waals surface area contributed by atoms with Crippen molar-refractivity contribution in [2.45, 2.75) is 4.90 Å². The fraction of sp³-hybridized carbons (Fsp3) is 0. The molecule has 0 radical (unpaired) electrons.